The van der Waals surface area contributed by atoms with E-state index in [2.05, 4.69) is 12.2 Å². The lowest BCUT2D eigenvalue weighted by Crippen LogP contribution is -2.38. The summed E-state index contributed by atoms with van der Waals surface area (Å²) in [6.07, 6.45) is 4.04. The average molecular weight is 347 g/mol. The van der Waals surface area contributed by atoms with Gasteiger partial charge in [-0.15, -0.1) is 0 Å². The molecule has 0 aliphatic carbocycles. The monoisotopic (exact) mass is 346 g/mol. The molecule has 0 aliphatic rings. The summed E-state index contributed by atoms with van der Waals surface area (Å²) in [7, 11) is -3.25. The predicted octanol–water partition coefficient (Wildman–Crippen LogP) is 2.52. The van der Waals surface area contributed by atoms with Gasteiger partial charge in [0.15, 0.2) is 0 Å². The number of amides is 1. The number of unbranched alkanes of at least 4 members (excludes halogenated alkanes) is 2. The normalized spacial score (nSPS) is 11.6. The molecule has 0 aliphatic heterocycles. The van der Waals surface area contributed by atoms with Crippen LogP contribution in [0, 0.1) is 0 Å². The molecular formula is C15H23ClN2O3S. The van der Waals surface area contributed by atoms with Crippen LogP contribution in [0.5, 0.6) is 0 Å². The number of halogens is 1. The van der Waals surface area contributed by atoms with E-state index < -0.39 is 10.0 Å². The average Bonchev–Trinajstić information content (AvgIpc) is 2.44. The molecule has 0 spiro atoms. The second kappa shape index (κ2) is 9.12. The van der Waals surface area contributed by atoms with Crippen molar-refractivity contribution in [2.45, 2.75) is 26.2 Å². The zero-order valence-corrected chi connectivity index (χ0v) is 14.6. The summed E-state index contributed by atoms with van der Waals surface area (Å²) in [5, 5.41) is 3.21. The first-order chi connectivity index (χ1) is 10.3. The first-order valence-electron chi connectivity index (χ1n) is 7.33. The summed E-state index contributed by atoms with van der Waals surface area (Å²) in [5.41, 5.74) is 0.462. The van der Waals surface area contributed by atoms with Crippen molar-refractivity contribution in [1.29, 1.82) is 0 Å². The molecule has 0 atom stereocenters. The highest BCUT2D eigenvalue weighted by Gasteiger charge is 2.16. The van der Waals surface area contributed by atoms with Crippen molar-refractivity contribution >= 4 is 27.5 Å². The van der Waals surface area contributed by atoms with E-state index >= 15 is 0 Å². The minimum Gasteiger partial charge on any atom is -0.351 e. The molecule has 0 aromatic heterocycles. The maximum atomic E-state index is 12.0. The number of carbonyl (C=O) groups excluding carboxylic acids is 1. The summed E-state index contributed by atoms with van der Waals surface area (Å²) in [4.78, 5) is 12.0. The van der Waals surface area contributed by atoms with Crippen LogP contribution in [-0.2, 0) is 10.0 Å². The molecule has 0 bridgehead atoms. The molecule has 0 radical (unpaired) electrons. The Hall–Kier alpha value is -1.11. The van der Waals surface area contributed by atoms with Crippen molar-refractivity contribution in [3.63, 3.8) is 0 Å². The number of hydrogen-bond acceptors (Lipinski definition) is 3. The van der Waals surface area contributed by atoms with Gasteiger partial charge in [0.2, 0.25) is 10.0 Å². The molecule has 124 valence electrons. The minimum absolute atomic E-state index is 0.260. The van der Waals surface area contributed by atoms with E-state index in [1.54, 1.807) is 24.3 Å². The molecule has 0 unspecified atom stereocenters. The summed E-state index contributed by atoms with van der Waals surface area (Å²) >= 11 is 5.84. The van der Waals surface area contributed by atoms with Crippen LogP contribution in [0.15, 0.2) is 24.3 Å². The van der Waals surface area contributed by atoms with Gasteiger partial charge in [0.1, 0.15) is 0 Å². The highest BCUT2D eigenvalue weighted by Crippen LogP contribution is 2.10. The molecule has 0 fully saturated rings. The first-order valence-corrected chi connectivity index (χ1v) is 9.56. The van der Waals surface area contributed by atoms with Gasteiger partial charge in [0.25, 0.3) is 5.91 Å². The zero-order valence-electron chi connectivity index (χ0n) is 13.0. The summed E-state index contributed by atoms with van der Waals surface area (Å²) in [5.74, 6) is -0.260. The van der Waals surface area contributed by atoms with E-state index in [4.69, 9.17) is 11.6 Å². The lowest BCUT2D eigenvalue weighted by molar-refractivity contribution is 0.0951. The first kappa shape index (κ1) is 18.9. The van der Waals surface area contributed by atoms with E-state index in [1.165, 1.54) is 10.6 Å². The Morgan fingerprint density at radius 3 is 2.59 bits per heavy atom. The molecule has 1 aromatic rings. The summed E-state index contributed by atoms with van der Waals surface area (Å²) in [6.45, 7) is 3.09. The Balaban J connectivity index is 2.50. The molecular weight excluding hydrogens is 324 g/mol. The van der Waals surface area contributed by atoms with Gasteiger partial charge in [-0.1, -0.05) is 37.4 Å². The van der Waals surface area contributed by atoms with E-state index in [1.807, 2.05) is 0 Å². The zero-order chi connectivity index (χ0) is 16.6. The number of benzene rings is 1. The molecule has 5 nitrogen and oxygen atoms in total. The van der Waals surface area contributed by atoms with Crippen LogP contribution in [0.25, 0.3) is 0 Å². The molecule has 1 aromatic carbocycles. The van der Waals surface area contributed by atoms with Gasteiger partial charge < -0.3 is 5.32 Å². The van der Waals surface area contributed by atoms with Crippen LogP contribution in [0.3, 0.4) is 0 Å². The topological polar surface area (TPSA) is 66.5 Å². The molecule has 1 amide bonds. The summed E-state index contributed by atoms with van der Waals surface area (Å²) in [6, 6.07) is 6.63. The van der Waals surface area contributed by atoms with Crippen molar-refractivity contribution in [1.82, 2.24) is 9.62 Å². The van der Waals surface area contributed by atoms with Gasteiger partial charge >= 0.3 is 0 Å². The number of rotatable bonds is 9. The minimum atomic E-state index is -3.25. The van der Waals surface area contributed by atoms with E-state index in [-0.39, 0.29) is 19.0 Å². The Morgan fingerprint density at radius 1 is 1.27 bits per heavy atom. The van der Waals surface area contributed by atoms with Crippen molar-refractivity contribution in [3.05, 3.63) is 34.9 Å². The van der Waals surface area contributed by atoms with Gasteiger partial charge in [-0.2, -0.15) is 0 Å². The molecule has 1 rings (SSSR count). The van der Waals surface area contributed by atoms with Crippen LogP contribution in [0.4, 0.5) is 0 Å². The van der Waals surface area contributed by atoms with Crippen molar-refractivity contribution in [3.8, 4) is 0 Å². The SMILES string of the molecule is CCCCCN(CCNC(=O)c1cccc(Cl)c1)S(C)(=O)=O. The fraction of sp³-hybridized carbons (Fsp3) is 0.533. The molecule has 0 saturated heterocycles. The standard InChI is InChI=1S/C15H23ClN2O3S/c1-3-4-5-10-18(22(2,20)21)11-9-17-15(19)13-7-6-8-14(16)12-13/h6-8,12H,3-5,9-11H2,1-2H3,(H,17,19). The van der Waals surface area contributed by atoms with E-state index in [0.29, 0.717) is 17.1 Å². The fourth-order valence-corrected chi connectivity index (χ4v) is 3.08. The number of nitrogens with zero attached hydrogens (tertiary/aromatic N) is 1. The second-order valence-electron chi connectivity index (χ2n) is 5.14. The smallest absolute Gasteiger partial charge is 0.251 e. The molecule has 22 heavy (non-hydrogen) atoms. The lowest BCUT2D eigenvalue weighted by Gasteiger charge is -2.20. The number of sulfonamides is 1. The number of hydrogen-bond donors (Lipinski definition) is 1. The number of nitrogens with one attached hydrogen (secondary N) is 1. The molecule has 1 N–H and O–H groups in total. The Kier molecular flexibility index (Phi) is 7.85. The van der Waals surface area contributed by atoms with Gasteiger partial charge in [-0.05, 0) is 24.6 Å². The highest BCUT2D eigenvalue weighted by atomic mass is 35.5. The quantitative estimate of drug-likeness (QED) is 0.699. The Labute approximate surface area is 137 Å². The van der Waals surface area contributed by atoms with Crippen molar-refractivity contribution in [2.24, 2.45) is 0 Å². The Bertz CT molecular complexity index is 590. The van der Waals surface area contributed by atoms with Crippen LogP contribution < -0.4 is 5.32 Å². The van der Waals surface area contributed by atoms with Crippen LogP contribution in [0.2, 0.25) is 5.02 Å². The maximum absolute atomic E-state index is 12.0. The lowest BCUT2D eigenvalue weighted by atomic mass is 10.2. The third-order valence-electron chi connectivity index (χ3n) is 3.21. The van der Waals surface area contributed by atoms with Crippen LogP contribution >= 0.6 is 11.6 Å². The number of carbonyl (C=O) groups is 1. The van der Waals surface area contributed by atoms with Crippen LogP contribution in [0.1, 0.15) is 36.5 Å². The van der Waals surface area contributed by atoms with E-state index in [0.717, 1.165) is 19.3 Å². The third kappa shape index (κ3) is 6.77. The van der Waals surface area contributed by atoms with Gasteiger partial charge in [0.05, 0.1) is 6.26 Å². The molecule has 0 saturated carbocycles. The fourth-order valence-electron chi connectivity index (χ4n) is 2.01. The maximum Gasteiger partial charge on any atom is 0.251 e. The molecule has 7 heteroatoms. The largest absolute Gasteiger partial charge is 0.351 e. The van der Waals surface area contributed by atoms with Crippen molar-refractivity contribution in [2.75, 3.05) is 25.9 Å². The summed E-state index contributed by atoms with van der Waals surface area (Å²) < 4.78 is 24.8. The Morgan fingerprint density at radius 2 is 2.00 bits per heavy atom. The van der Waals surface area contributed by atoms with Crippen molar-refractivity contribution < 1.29 is 13.2 Å². The third-order valence-corrected chi connectivity index (χ3v) is 4.75. The van der Waals surface area contributed by atoms with Gasteiger partial charge in [-0.3, -0.25) is 4.79 Å². The van der Waals surface area contributed by atoms with Gasteiger partial charge in [-0.25, -0.2) is 12.7 Å². The molecule has 0 heterocycles. The van der Waals surface area contributed by atoms with Gasteiger partial charge in [0, 0.05) is 30.2 Å². The second-order valence-corrected chi connectivity index (χ2v) is 7.55. The predicted molar refractivity (Wildman–Crippen MR) is 89.7 cm³/mol. The van der Waals surface area contributed by atoms with Crippen LogP contribution in [-0.4, -0.2) is 44.5 Å². The highest BCUT2D eigenvalue weighted by molar-refractivity contribution is 7.88. The van der Waals surface area contributed by atoms with E-state index in [9.17, 15) is 13.2 Å².